The molecule has 0 spiro atoms. The first-order chi connectivity index (χ1) is 12.5. The molecule has 3 nitrogen and oxygen atoms in total. The Morgan fingerprint density at radius 2 is 1.62 bits per heavy atom. The maximum absolute atomic E-state index is 12.2. The van der Waals surface area contributed by atoms with Crippen molar-refractivity contribution in [2.24, 2.45) is 0 Å². The molecule has 1 aliphatic rings. The van der Waals surface area contributed by atoms with Crippen LogP contribution in [-0.2, 0) is 12.6 Å². The van der Waals surface area contributed by atoms with Crippen LogP contribution in [0.3, 0.4) is 0 Å². The Balaban J connectivity index is 1.60. The first-order valence-electron chi connectivity index (χ1n) is 9.02. The van der Waals surface area contributed by atoms with Crippen molar-refractivity contribution in [1.82, 2.24) is 0 Å². The van der Waals surface area contributed by atoms with Crippen LogP contribution >= 0.6 is 11.6 Å². The van der Waals surface area contributed by atoms with Crippen molar-refractivity contribution in [1.29, 1.82) is 0 Å². The lowest BCUT2D eigenvalue weighted by molar-refractivity contribution is -0.836. The van der Waals surface area contributed by atoms with Gasteiger partial charge in [-0.15, -0.1) is 0 Å². The third-order valence-corrected chi connectivity index (χ3v) is 9.96. The van der Waals surface area contributed by atoms with Crippen LogP contribution in [0.1, 0.15) is 45.4 Å². The topological polar surface area (TPSA) is 43.4 Å². The van der Waals surface area contributed by atoms with Crippen molar-refractivity contribution in [2.75, 3.05) is 5.75 Å². The summed E-state index contributed by atoms with van der Waals surface area (Å²) in [6.07, 6.45) is 6.28. The summed E-state index contributed by atoms with van der Waals surface area (Å²) in [4.78, 5) is 0. The van der Waals surface area contributed by atoms with E-state index in [4.69, 9.17) is 14.1 Å². The van der Waals surface area contributed by atoms with E-state index in [1.165, 1.54) is 24.8 Å². The van der Waals surface area contributed by atoms with Gasteiger partial charge in [-0.1, -0.05) is 81.0 Å². The Kier molecular flexibility index (Phi) is 6.99. The summed E-state index contributed by atoms with van der Waals surface area (Å²) in [6, 6.07) is 12.0. The van der Waals surface area contributed by atoms with E-state index in [-0.39, 0.29) is 5.75 Å². The molecule has 2 aromatic rings. The van der Waals surface area contributed by atoms with Gasteiger partial charge in [0.05, 0.1) is 10.8 Å². The normalized spacial score (nSPS) is 12.4. The average molecular weight is 506 g/mol. The highest BCUT2D eigenvalue weighted by Crippen LogP contribution is 2.47. The average Bonchev–Trinajstić information content (AvgIpc) is 2.61. The molecule has 2 aromatic carbocycles. The van der Waals surface area contributed by atoms with Crippen LogP contribution < -0.4 is 21.6 Å². The zero-order chi connectivity index (χ0) is 18.6. The number of rotatable bonds is 10. The number of fused-ring (bicyclic) bond motifs is 4. The van der Waals surface area contributed by atoms with Crippen LogP contribution in [0, 0.1) is 3.57 Å². The predicted octanol–water partition coefficient (Wildman–Crippen LogP) is 2.87. The van der Waals surface area contributed by atoms with E-state index >= 15 is 0 Å². The molecule has 0 radical (unpaired) electrons. The summed E-state index contributed by atoms with van der Waals surface area (Å²) in [5.74, 6) is 0.0993. The fourth-order valence-electron chi connectivity index (χ4n) is 3.16. The minimum atomic E-state index is -3.48. The fourth-order valence-corrected chi connectivity index (χ4v) is 7.38. The standard InChI is InChI=1S/C20H23ClIO3S/c1-2-3-4-5-6-9-14-26(23,24)25-22-20-18(21)13-12-17-15-10-7-8-11-16(15)19(17)20/h7-8,10-13H,2-6,9,14H2,1H3/q+1. The maximum atomic E-state index is 12.2. The molecule has 0 aromatic heterocycles. The van der Waals surface area contributed by atoms with Gasteiger partial charge in [-0.25, -0.2) is 0 Å². The SMILES string of the molecule is CCCCCCCCS(=O)(=O)O[I+]c1c(Cl)ccc2c1-c1ccccc1-2. The fraction of sp³-hybridized carbons (Fsp3) is 0.400. The van der Waals surface area contributed by atoms with E-state index in [0.29, 0.717) is 11.4 Å². The van der Waals surface area contributed by atoms with E-state index < -0.39 is 31.7 Å². The Bertz CT molecular complexity index is 881. The Morgan fingerprint density at radius 1 is 0.923 bits per heavy atom. The van der Waals surface area contributed by atoms with Crippen LogP contribution in [-0.4, -0.2) is 14.2 Å². The van der Waals surface area contributed by atoms with Crippen LogP contribution in [0.15, 0.2) is 36.4 Å². The van der Waals surface area contributed by atoms with Crippen LogP contribution in [0.4, 0.5) is 0 Å². The zero-order valence-corrected chi connectivity index (χ0v) is 18.5. The molecule has 0 N–H and O–H groups in total. The molecule has 0 saturated carbocycles. The van der Waals surface area contributed by atoms with Crippen molar-refractivity contribution in [3.05, 3.63) is 45.0 Å². The summed E-state index contributed by atoms with van der Waals surface area (Å²) >= 11 is 5.21. The first kappa shape index (κ1) is 20.1. The maximum Gasteiger partial charge on any atom is 0.542 e. The molecular weight excluding hydrogens is 483 g/mol. The third-order valence-electron chi connectivity index (χ3n) is 4.53. The molecule has 0 unspecified atom stereocenters. The van der Waals surface area contributed by atoms with Crippen molar-refractivity contribution in [3.63, 3.8) is 0 Å². The molecule has 0 fully saturated rings. The second kappa shape index (κ2) is 9.04. The van der Waals surface area contributed by atoms with E-state index in [9.17, 15) is 8.42 Å². The lowest BCUT2D eigenvalue weighted by Crippen LogP contribution is -3.62. The lowest BCUT2D eigenvalue weighted by atomic mass is 9.81. The van der Waals surface area contributed by atoms with Gasteiger partial charge >= 0.3 is 31.7 Å². The van der Waals surface area contributed by atoms with Gasteiger partial charge in [0.1, 0.15) is 0 Å². The monoisotopic (exact) mass is 505 g/mol. The first-order valence-corrected chi connectivity index (χ1v) is 12.9. The number of unbranched alkanes of at least 4 members (excludes halogenated alkanes) is 5. The van der Waals surface area contributed by atoms with E-state index in [1.54, 1.807) is 0 Å². The van der Waals surface area contributed by atoms with Gasteiger partial charge in [-0.05, 0) is 31.7 Å². The molecular formula is C20H23ClIO3S+. The van der Waals surface area contributed by atoms with E-state index in [0.717, 1.165) is 33.1 Å². The van der Waals surface area contributed by atoms with Gasteiger partial charge in [0.2, 0.25) is 0 Å². The molecule has 0 heterocycles. The molecule has 26 heavy (non-hydrogen) atoms. The highest BCUT2D eigenvalue weighted by atomic mass is 127. The highest BCUT2D eigenvalue weighted by molar-refractivity contribution is 7.86. The number of benzene rings is 2. The summed E-state index contributed by atoms with van der Waals surface area (Å²) in [5, 5.41) is 0.598. The summed E-state index contributed by atoms with van der Waals surface area (Å²) < 4.78 is 30.7. The smallest absolute Gasteiger partial charge is 0.196 e. The summed E-state index contributed by atoms with van der Waals surface area (Å²) in [5.41, 5.74) is 4.53. The molecule has 6 heteroatoms. The second-order valence-electron chi connectivity index (χ2n) is 6.50. The Hall–Kier alpha value is -0.630. The van der Waals surface area contributed by atoms with Crippen molar-refractivity contribution >= 4 is 21.7 Å². The van der Waals surface area contributed by atoms with Gasteiger partial charge in [-0.2, -0.15) is 8.42 Å². The summed E-state index contributed by atoms with van der Waals surface area (Å²) in [7, 11) is -3.48. The second-order valence-corrected chi connectivity index (χ2v) is 11.2. The van der Waals surface area contributed by atoms with Gasteiger partial charge in [0.25, 0.3) is 3.57 Å². The van der Waals surface area contributed by atoms with Crippen molar-refractivity contribution < 1.29 is 32.6 Å². The number of hydrogen-bond acceptors (Lipinski definition) is 3. The third kappa shape index (κ3) is 4.61. The minimum Gasteiger partial charge on any atom is -0.196 e. The van der Waals surface area contributed by atoms with Crippen molar-refractivity contribution in [3.8, 4) is 22.3 Å². The predicted molar refractivity (Wildman–Crippen MR) is 103 cm³/mol. The van der Waals surface area contributed by atoms with Gasteiger partial charge in [-0.3, -0.25) is 0 Å². The van der Waals surface area contributed by atoms with Gasteiger partial charge < -0.3 is 0 Å². The van der Waals surface area contributed by atoms with Crippen LogP contribution in [0.25, 0.3) is 22.3 Å². The number of hydrogen-bond donors (Lipinski definition) is 0. The van der Waals surface area contributed by atoms with Crippen molar-refractivity contribution in [2.45, 2.75) is 45.4 Å². The largest absolute Gasteiger partial charge is 0.542 e. The zero-order valence-electron chi connectivity index (χ0n) is 14.8. The van der Waals surface area contributed by atoms with Crippen LogP contribution in [0.5, 0.6) is 0 Å². The molecule has 140 valence electrons. The lowest BCUT2D eigenvalue weighted by Gasteiger charge is -2.22. The Morgan fingerprint density at radius 3 is 2.38 bits per heavy atom. The van der Waals surface area contributed by atoms with Gasteiger partial charge in [0.15, 0.2) is 0 Å². The quantitative estimate of drug-likeness (QED) is 0.314. The molecule has 1 aliphatic carbocycles. The van der Waals surface area contributed by atoms with Crippen LogP contribution in [0.2, 0.25) is 5.02 Å². The summed E-state index contributed by atoms with van der Waals surface area (Å²) in [6.45, 7) is 2.17. The molecule has 0 saturated heterocycles. The minimum absolute atomic E-state index is 0.0993. The molecule has 0 amide bonds. The molecule has 0 atom stereocenters. The molecule has 0 aliphatic heterocycles. The molecule has 3 rings (SSSR count). The highest BCUT2D eigenvalue weighted by Gasteiger charge is 2.37. The van der Waals surface area contributed by atoms with E-state index in [1.807, 2.05) is 30.3 Å². The van der Waals surface area contributed by atoms with Gasteiger partial charge in [0, 0.05) is 5.56 Å². The Labute approximate surface area is 172 Å². The number of halogens is 2. The molecule has 0 bridgehead atoms. The van der Waals surface area contributed by atoms with E-state index in [2.05, 4.69) is 13.0 Å².